The Bertz CT molecular complexity index is 155. The standard InChI is InChI=1S/C10H18ClNO/c11-7-5-10(13)12-8-6-9-3-1-2-4-9/h9H,1-8H2,(H,12,13). The number of carbonyl (C=O) groups excluding carboxylic acids is 1. The fourth-order valence-electron chi connectivity index (χ4n) is 1.89. The second kappa shape index (κ2) is 6.25. The van der Waals surface area contributed by atoms with Crippen LogP contribution in [0.2, 0.25) is 0 Å². The van der Waals surface area contributed by atoms with Gasteiger partial charge in [0.15, 0.2) is 0 Å². The number of halogens is 1. The molecular formula is C10H18ClNO. The van der Waals surface area contributed by atoms with Gasteiger partial charge >= 0.3 is 0 Å². The van der Waals surface area contributed by atoms with Gasteiger partial charge in [0.2, 0.25) is 5.91 Å². The third kappa shape index (κ3) is 4.51. The Morgan fingerprint density at radius 3 is 2.69 bits per heavy atom. The number of carbonyl (C=O) groups is 1. The van der Waals surface area contributed by atoms with E-state index in [1.54, 1.807) is 0 Å². The maximum atomic E-state index is 11.0. The summed E-state index contributed by atoms with van der Waals surface area (Å²) in [5.74, 6) is 1.37. The smallest absolute Gasteiger partial charge is 0.221 e. The van der Waals surface area contributed by atoms with Crippen molar-refractivity contribution in [3.63, 3.8) is 0 Å². The molecule has 2 nitrogen and oxygen atoms in total. The third-order valence-electron chi connectivity index (χ3n) is 2.67. The van der Waals surface area contributed by atoms with Crippen molar-refractivity contribution in [2.45, 2.75) is 38.5 Å². The van der Waals surface area contributed by atoms with Gasteiger partial charge in [0.05, 0.1) is 0 Å². The van der Waals surface area contributed by atoms with E-state index >= 15 is 0 Å². The predicted octanol–water partition coefficient (Wildman–Crippen LogP) is 2.31. The predicted molar refractivity (Wildman–Crippen MR) is 54.9 cm³/mol. The van der Waals surface area contributed by atoms with Crippen LogP contribution in [0.25, 0.3) is 0 Å². The van der Waals surface area contributed by atoms with Gasteiger partial charge in [0.25, 0.3) is 0 Å². The number of hydrogen-bond acceptors (Lipinski definition) is 1. The number of hydrogen-bond donors (Lipinski definition) is 1. The molecule has 1 N–H and O–H groups in total. The Morgan fingerprint density at radius 1 is 1.38 bits per heavy atom. The molecule has 1 fully saturated rings. The number of nitrogens with one attached hydrogen (secondary N) is 1. The van der Waals surface area contributed by atoms with Crippen LogP contribution in [0.4, 0.5) is 0 Å². The highest BCUT2D eigenvalue weighted by Gasteiger charge is 2.14. The van der Waals surface area contributed by atoms with Crippen molar-refractivity contribution in [3.05, 3.63) is 0 Å². The molecule has 0 bridgehead atoms. The highest BCUT2D eigenvalue weighted by molar-refractivity contribution is 6.18. The lowest BCUT2D eigenvalue weighted by Gasteiger charge is -2.08. The van der Waals surface area contributed by atoms with E-state index in [0.29, 0.717) is 12.3 Å². The molecule has 3 heteroatoms. The van der Waals surface area contributed by atoms with Crippen LogP contribution in [0, 0.1) is 5.92 Å². The van der Waals surface area contributed by atoms with Gasteiger partial charge < -0.3 is 5.32 Å². The monoisotopic (exact) mass is 203 g/mol. The molecule has 0 aromatic rings. The van der Waals surface area contributed by atoms with Gasteiger partial charge in [0, 0.05) is 18.8 Å². The molecule has 0 spiro atoms. The Morgan fingerprint density at radius 2 is 2.08 bits per heavy atom. The topological polar surface area (TPSA) is 29.1 Å². The molecule has 1 rings (SSSR count). The first-order chi connectivity index (χ1) is 6.33. The molecule has 0 radical (unpaired) electrons. The van der Waals surface area contributed by atoms with E-state index in [2.05, 4.69) is 5.32 Å². The molecule has 0 aromatic carbocycles. The second-order valence-corrected chi connectivity index (χ2v) is 4.11. The summed E-state index contributed by atoms with van der Waals surface area (Å²) in [6.07, 6.45) is 7.05. The van der Waals surface area contributed by atoms with Gasteiger partial charge in [-0.1, -0.05) is 25.7 Å². The molecule has 1 saturated carbocycles. The van der Waals surface area contributed by atoms with E-state index in [0.717, 1.165) is 18.9 Å². The maximum Gasteiger partial charge on any atom is 0.221 e. The van der Waals surface area contributed by atoms with Crippen LogP contribution in [0.3, 0.4) is 0 Å². The van der Waals surface area contributed by atoms with Gasteiger partial charge in [-0.2, -0.15) is 0 Å². The fraction of sp³-hybridized carbons (Fsp3) is 0.900. The van der Waals surface area contributed by atoms with E-state index in [4.69, 9.17) is 11.6 Å². The molecule has 1 aliphatic carbocycles. The van der Waals surface area contributed by atoms with Gasteiger partial charge in [0.1, 0.15) is 0 Å². The summed E-state index contributed by atoms with van der Waals surface area (Å²) in [5.41, 5.74) is 0. The van der Waals surface area contributed by atoms with Gasteiger partial charge in [-0.3, -0.25) is 4.79 Å². The van der Waals surface area contributed by atoms with E-state index in [1.165, 1.54) is 25.7 Å². The average Bonchev–Trinajstić information content (AvgIpc) is 2.57. The van der Waals surface area contributed by atoms with Crippen LogP contribution in [0.15, 0.2) is 0 Å². The van der Waals surface area contributed by atoms with Gasteiger partial charge in [-0.05, 0) is 12.3 Å². The van der Waals surface area contributed by atoms with Crippen LogP contribution in [0.5, 0.6) is 0 Å². The lowest BCUT2D eigenvalue weighted by molar-refractivity contribution is -0.120. The van der Waals surface area contributed by atoms with Crippen LogP contribution in [-0.4, -0.2) is 18.3 Å². The lowest BCUT2D eigenvalue weighted by atomic mass is 10.0. The zero-order chi connectivity index (χ0) is 9.52. The molecule has 0 unspecified atom stereocenters. The zero-order valence-electron chi connectivity index (χ0n) is 8.02. The second-order valence-electron chi connectivity index (χ2n) is 3.73. The highest BCUT2D eigenvalue weighted by atomic mass is 35.5. The van der Waals surface area contributed by atoms with Gasteiger partial charge in [-0.15, -0.1) is 11.6 Å². The molecule has 0 atom stereocenters. The largest absolute Gasteiger partial charge is 0.356 e. The Balaban J connectivity index is 1.96. The molecule has 13 heavy (non-hydrogen) atoms. The van der Waals surface area contributed by atoms with Crippen molar-refractivity contribution >= 4 is 17.5 Å². The van der Waals surface area contributed by atoms with Crippen LogP contribution >= 0.6 is 11.6 Å². The summed E-state index contributed by atoms with van der Waals surface area (Å²) < 4.78 is 0. The molecule has 0 aliphatic heterocycles. The summed E-state index contributed by atoms with van der Waals surface area (Å²) in [6.45, 7) is 0.834. The summed E-state index contributed by atoms with van der Waals surface area (Å²) >= 11 is 5.44. The normalized spacial score (nSPS) is 17.6. The number of alkyl halides is 1. The summed E-state index contributed by atoms with van der Waals surface area (Å²) in [4.78, 5) is 11.0. The summed E-state index contributed by atoms with van der Waals surface area (Å²) in [6, 6.07) is 0. The SMILES string of the molecule is O=C(CCCl)NCCC1CCCC1. The maximum absolute atomic E-state index is 11.0. The first kappa shape index (κ1) is 10.8. The van der Waals surface area contributed by atoms with Crippen molar-refractivity contribution in [3.8, 4) is 0 Å². The summed E-state index contributed by atoms with van der Waals surface area (Å²) in [7, 11) is 0. The van der Waals surface area contributed by atoms with Crippen molar-refractivity contribution in [1.29, 1.82) is 0 Å². The third-order valence-corrected chi connectivity index (χ3v) is 2.86. The molecule has 1 amide bonds. The minimum Gasteiger partial charge on any atom is -0.356 e. The Kier molecular flexibility index (Phi) is 5.21. The minimum absolute atomic E-state index is 0.0907. The quantitative estimate of drug-likeness (QED) is 0.683. The van der Waals surface area contributed by atoms with Gasteiger partial charge in [-0.25, -0.2) is 0 Å². The molecule has 0 heterocycles. The van der Waals surface area contributed by atoms with E-state index in [-0.39, 0.29) is 5.91 Å². The molecule has 76 valence electrons. The molecule has 1 aliphatic rings. The average molecular weight is 204 g/mol. The highest BCUT2D eigenvalue weighted by Crippen LogP contribution is 2.26. The molecule has 0 aromatic heterocycles. The van der Waals surface area contributed by atoms with Crippen LogP contribution < -0.4 is 5.32 Å². The van der Waals surface area contributed by atoms with Crippen LogP contribution in [0.1, 0.15) is 38.5 Å². The van der Waals surface area contributed by atoms with Crippen molar-refractivity contribution in [2.24, 2.45) is 5.92 Å². The summed E-state index contributed by atoms with van der Waals surface area (Å²) in [5, 5.41) is 2.89. The first-order valence-corrected chi connectivity index (χ1v) is 5.69. The molecular weight excluding hydrogens is 186 g/mol. The van der Waals surface area contributed by atoms with Crippen molar-refractivity contribution < 1.29 is 4.79 Å². The Labute approximate surface area is 85.0 Å². The van der Waals surface area contributed by atoms with E-state index in [1.807, 2.05) is 0 Å². The van der Waals surface area contributed by atoms with Crippen molar-refractivity contribution in [1.82, 2.24) is 5.32 Å². The van der Waals surface area contributed by atoms with Crippen LogP contribution in [-0.2, 0) is 4.79 Å². The zero-order valence-corrected chi connectivity index (χ0v) is 8.78. The van der Waals surface area contributed by atoms with E-state index in [9.17, 15) is 4.79 Å². The number of amides is 1. The minimum atomic E-state index is 0.0907. The molecule has 0 saturated heterocycles. The fourth-order valence-corrected chi connectivity index (χ4v) is 2.06. The van der Waals surface area contributed by atoms with Crippen molar-refractivity contribution in [2.75, 3.05) is 12.4 Å². The number of rotatable bonds is 5. The Hall–Kier alpha value is -0.240. The van der Waals surface area contributed by atoms with E-state index < -0.39 is 0 Å². The first-order valence-electron chi connectivity index (χ1n) is 5.15. The lowest BCUT2D eigenvalue weighted by Crippen LogP contribution is -2.25.